The van der Waals surface area contributed by atoms with Crippen LogP contribution in [0.5, 0.6) is 0 Å². The van der Waals surface area contributed by atoms with Crippen LogP contribution in [0.1, 0.15) is 55.1 Å². The fourth-order valence-corrected chi connectivity index (χ4v) is 4.13. The molecule has 0 radical (unpaired) electrons. The Morgan fingerprint density at radius 2 is 2.22 bits per heavy atom. The monoisotopic (exact) mass is 266 g/mol. The van der Waals surface area contributed by atoms with Crippen LogP contribution in [0.15, 0.2) is 0 Å². The van der Waals surface area contributed by atoms with Crippen LogP contribution in [0, 0.1) is 19.3 Å². The summed E-state index contributed by atoms with van der Waals surface area (Å²) in [5, 5.41) is 5.01. The molecule has 1 aliphatic carbocycles. The molecule has 1 N–H and O–H groups in total. The molecule has 2 atom stereocenters. The lowest BCUT2D eigenvalue weighted by Gasteiger charge is -2.23. The summed E-state index contributed by atoms with van der Waals surface area (Å²) in [4.78, 5) is 6.09. The molecule has 0 spiro atoms. The van der Waals surface area contributed by atoms with Crippen molar-refractivity contribution in [1.29, 1.82) is 0 Å². The molecule has 0 bridgehead atoms. The average Bonchev–Trinajstić information content (AvgIpc) is 2.81. The van der Waals surface area contributed by atoms with Gasteiger partial charge in [0.15, 0.2) is 0 Å². The molecule has 3 heteroatoms. The fourth-order valence-electron chi connectivity index (χ4n) is 2.98. The lowest BCUT2D eigenvalue weighted by Crippen LogP contribution is -2.28. The van der Waals surface area contributed by atoms with Gasteiger partial charge in [-0.05, 0) is 51.5 Å². The molecule has 1 heterocycles. The molecule has 1 aromatic heterocycles. The molecule has 2 nitrogen and oxygen atoms in total. The third-order valence-electron chi connectivity index (χ3n) is 4.17. The average molecular weight is 266 g/mol. The van der Waals surface area contributed by atoms with Crippen molar-refractivity contribution in [3.8, 4) is 0 Å². The van der Waals surface area contributed by atoms with Crippen molar-refractivity contribution >= 4 is 11.3 Å². The largest absolute Gasteiger partial charge is 0.314 e. The summed E-state index contributed by atoms with van der Waals surface area (Å²) in [6.07, 6.45) is 6.38. The van der Waals surface area contributed by atoms with Gasteiger partial charge in [-0.1, -0.05) is 13.8 Å². The van der Waals surface area contributed by atoms with Crippen molar-refractivity contribution in [3.05, 3.63) is 15.6 Å². The van der Waals surface area contributed by atoms with E-state index in [1.165, 1.54) is 41.3 Å². The second-order valence-electron chi connectivity index (χ2n) is 6.13. The molecule has 102 valence electrons. The maximum atomic E-state index is 4.70. The zero-order valence-corrected chi connectivity index (χ0v) is 13.0. The predicted molar refractivity (Wildman–Crippen MR) is 79.3 cm³/mol. The standard InChI is InChI=1S/C15H26N2S/c1-5-8-16-13-6-7-15(4,9-13)10-14-17-11(2)12(3)18-14/h13,16H,5-10H2,1-4H3. The molecule has 2 rings (SSSR count). The first-order chi connectivity index (χ1) is 8.52. The zero-order chi connectivity index (χ0) is 13.2. The van der Waals surface area contributed by atoms with Crippen molar-refractivity contribution in [1.82, 2.24) is 10.3 Å². The summed E-state index contributed by atoms with van der Waals surface area (Å²) >= 11 is 1.89. The quantitative estimate of drug-likeness (QED) is 0.875. The van der Waals surface area contributed by atoms with Gasteiger partial charge in [-0.2, -0.15) is 0 Å². The minimum absolute atomic E-state index is 0.460. The van der Waals surface area contributed by atoms with E-state index in [2.05, 4.69) is 33.0 Å². The normalized spacial score (nSPS) is 27.9. The van der Waals surface area contributed by atoms with E-state index in [1.54, 1.807) is 0 Å². The molecule has 0 saturated heterocycles. The first kappa shape index (κ1) is 14.0. The van der Waals surface area contributed by atoms with Gasteiger partial charge in [0.1, 0.15) is 0 Å². The lowest BCUT2D eigenvalue weighted by molar-refractivity contribution is 0.321. The smallest absolute Gasteiger partial charge is 0.0936 e. The summed E-state index contributed by atoms with van der Waals surface area (Å²) in [6, 6.07) is 0.733. The third-order valence-corrected chi connectivity index (χ3v) is 5.24. The van der Waals surface area contributed by atoms with Gasteiger partial charge in [-0.15, -0.1) is 11.3 Å². The van der Waals surface area contributed by atoms with E-state index in [0.29, 0.717) is 5.41 Å². The Labute approximate surface area is 115 Å². The van der Waals surface area contributed by atoms with Crippen LogP contribution < -0.4 is 5.32 Å². The molecule has 0 amide bonds. The number of thiazole rings is 1. The predicted octanol–water partition coefficient (Wildman–Crippen LogP) is 3.86. The van der Waals surface area contributed by atoms with Crippen molar-refractivity contribution in [2.24, 2.45) is 5.41 Å². The van der Waals surface area contributed by atoms with Gasteiger partial charge in [0.25, 0.3) is 0 Å². The Hall–Kier alpha value is -0.410. The highest BCUT2D eigenvalue weighted by molar-refractivity contribution is 7.11. The molecular formula is C15H26N2S. The number of aryl methyl sites for hydroxylation is 2. The van der Waals surface area contributed by atoms with Crippen LogP contribution in [0.4, 0.5) is 0 Å². The number of nitrogens with zero attached hydrogens (tertiary/aromatic N) is 1. The van der Waals surface area contributed by atoms with Crippen LogP contribution in [0.25, 0.3) is 0 Å². The first-order valence-electron chi connectivity index (χ1n) is 7.19. The van der Waals surface area contributed by atoms with Crippen molar-refractivity contribution in [3.63, 3.8) is 0 Å². The molecule has 0 aliphatic heterocycles. The highest BCUT2D eigenvalue weighted by Crippen LogP contribution is 2.41. The van der Waals surface area contributed by atoms with Gasteiger partial charge in [0, 0.05) is 17.3 Å². The van der Waals surface area contributed by atoms with Gasteiger partial charge < -0.3 is 5.32 Å². The Morgan fingerprint density at radius 1 is 1.44 bits per heavy atom. The Morgan fingerprint density at radius 3 is 2.83 bits per heavy atom. The van der Waals surface area contributed by atoms with Gasteiger partial charge in [-0.3, -0.25) is 0 Å². The van der Waals surface area contributed by atoms with E-state index < -0.39 is 0 Å². The first-order valence-corrected chi connectivity index (χ1v) is 8.00. The molecule has 18 heavy (non-hydrogen) atoms. The summed E-state index contributed by atoms with van der Waals surface area (Å²) < 4.78 is 0. The van der Waals surface area contributed by atoms with Gasteiger partial charge in [0.05, 0.1) is 10.7 Å². The van der Waals surface area contributed by atoms with E-state index in [9.17, 15) is 0 Å². The number of hydrogen-bond donors (Lipinski definition) is 1. The van der Waals surface area contributed by atoms with E-state index >= 15 is 0 Å². The van der Waals surface area contributed by atoms with Crippen LogP contribution in [-0.4, -0.2) is 17.6 Å². The van der Waals surface area contributed by atoms with Crippen LogP contribution >= 0.6 is 11.3 Å². The fraction of sp³-hybridized carbons (Fsp3) is 0.800. The topological polar surface area (TPSA) is 24.9 Å². The minimum Gasteiger partial charge on any atom is -0.314 e. The lowest BCUT2D eigenvalue weighted by atomic mass is 9.85. The Kier molecular flexibility index (Phi) is 4.44. The highest BCUT2D eigenvalue weighted by atomic mass is 32.1. The maximum absolute atomic E-state index is 4.70. The van der Waals surface area contributed by atoms with Gasteiger partial charge in [0.2, 0.25) is 0 Å². The van der Waals surface area contributed by atoms with Crippen LogP contribution in [0.2, 0.25) is 0 Å². The van der Waals surface area contributed by atoms with Crippen molar-refractivity contribution in [2.75, 3.05) is 6.54 Å². The molecule has 0 aromatic carbocycles. The molecule has 1 saturated carbocycles. The highest BCUT2D eigenvalue weighted by Gasteiger charge is 2.35. The number of nitrogens with one attached hydrogen (secondary N) is 1. The minimum atomic E-state index is 0.460. The molecule has 1 fully saturated rings. The SMILES string of the molecule is CCCNC1CCC(C)(Cc2nc(C)c(C)s2)C1. The van der Waals surface area contributed by atoms with Crippen molar-refractivity contribution in [2.45, 2.75) is 65.8 Å². The molecular weight excluding hydrogens is 240 g/mol. The molecule has 1 aliphatic rings. The van der Waals surface area contributed by atoms with Crippen molar-refractivity contribution < 1.29 is 0 Å². The second-order valence-corrected chi connectivity index (χ2v) is 7.42. The van der Waals surface area contributed by atoms with Crippen LogP contribution in [0.3, 0.4) is 0 Å². The van der Waals surface area contributed by atoms with Gasteiger partial charge >= 0.3 is 0 Å². The van der Waals surface area contributed by atoms with Gasteiger partial charge in [-0.25, -0.2) is 4.98 Å². The van der Waals surface area contributed by atoms with Crippen LogP contribution in [-0.2, 0) is 6.42 Å². The number of rotatable bonds is 5. The van der Waals surface area contributed by atoms with E-state index in [1.807, 2.05) is 11.3 Å². The summed E-state index contributed by atoms with van der Waals surface area (Å²) in [5.41, 5.74) is 1.68. The summed E-state index contributed by atoms with van der Waals surface area (Å²) in [6.45, 7) is 10.1. The van der Waals surface area contributed by atoms with E-state index in [4.69, 9.17) is 4.98 Å². The zero-order valence-electron chi connectivity index (χ0n) is 12.2. The summed E-state index contributed by atoms with van der Waals surface area (Å²) in [5.74, 6) is 0. The van der Waals surface area contributed by atoms with E-state index in [0.717, 1.165) is 19.0 Å². The maximum Gasteiger partial charge on any atom is 0.0936 e. The number of aromatic nitrogens is 1. The third kappa shape index (κ3) is 3.33. The Bertz CT molecular complexity index is 380. The molecule has 1 aromatic rings. The van der Waals surface area contributed by atoms with E-state index in [-0.39, 0.29) is 0 Å². The summed E-state index contributed by atoms with van der Waals surface area (Å²) in [7, 11) is 0. The Balaban J connectivity index is 1.93. The molecule has 2 unspecified atom stereocenters. The second kappa shape index (κ2) is 5.70. The number of hydrogen-bond acceptors (Lipinski definition) is 3.